The molecule has 138 valence electrons. The number of piperazine rings is 1. The SMILES string of the molecule is O=C(CCCCCN1CCN(c2cnccn2)CC1)c1ccc(Cl)cc1. The first-order valence-corrected chi connectivity index (χ1v) is 9.62. The van der Waals surface area contributed by atoms with Crippen molar-refractivity contribution in [2.24, 2.45) is 0 Å². The number of carbonyl (C=O) groups is 1. The van der Waals surface area contributed by atoms with Crippen LogP contribution in [0.1, 0.15) is 36.0 Å². The molecule has 0 saturated carbocycles. The van der Waals surface area contributed by atoms with Gasteiger partial charge in [0.1, 0.15) is 5.82 Å². The van der Waals surface area contributed by atoms with E-state index in [0.29, 0.717) is 11.4 Å². The van der Waals surface area contributed by atoms with E-state index in [-0.39, 0.29) is 5.78 Å². The van der Waals surface area contributed by atoms with Gasteiger partial charge in [0.05, 0.1) is 6.20 Å². The van der Waals surface area contributed by atoms with Gasteiger partial charge in [-0.15, -0.1) is 0 Å². The summed E-state index contributed by atoms with van der Waals surface area (Å²) in [6, 6.07) is 7.16. The highest BCUT2D eigenvalue weighted by molar-refractivity contribution is 6.30. The first-order chi connectivity index (χ1) is 12.7. The lowest BCUT2D eigenvalue weighted by Gasteiger charge is -2.35. The number of halogens is 1. The summed E-state index contributed by atoms with van der Waals surface area (Å²) in [5.41, 5.74) is 0.759. The van der Waals surface area contributed by atoms with E-state index in [0.717, 1.165) is 63.4 Å². The van der Waals surface area contributed by atoms with Crippen LogP contribution in [-0.2, 0) is 0 Å². The van der Waals surface area contributed by atoms with Crippen LogP contribution in [0.2, 0.25) is 5.02 Å². The van der Waals surface area contributed by atoms with Crippen molar-refractivity contribution in [2.75, 3.05) is 37.6 Å². The molecule has 1 saturated heterocycles. The maximum atomic E-state index is 12.1. The number of unbranched alkanes of at least 4 members (excludes halogenated alkanes) is 2. The van der Waals surface area contributed by atoms with Crippen LogP contribution in [0.25, 0.3) is 0 Å². The van der Waals surface area contributed by atoms with Gasteiger partial charge in [-0.1, -0.05) is 18.0 Å². The lowest BCUT2D eigenvalue weighted by molar-refractivity contribution is 0.0978. The van der Waals surface area contributed by atoms with Crippen LogP contribution in [0.3, 0.4) is 0 Å². The normalized spacial score (nSPS) is 15.2. The van der Waals surface area contributed by atoms with Crippen LogP contribution in [0, 0.1) is 0 Å². The minimum Gasteiger partial charge on any atom is -0.353 e. The van der Waals surface area contributed by atoms with Crippen LogP contribution in [0.15, 0.2) is 42.9 Å². The Hall–Kier alpha value is -1.98. The van der Waals surface area contributed by atoms with Gasteiger partial charge in [-0.05, 0) is 43.7 Å². The predicted octanol–water partition coefficient (Wildman–Crippen LogP) is 3.70. The highest BCUT2D eigenvalue weighted by Gasteiger charge is 2.17. The van der Waals surface area contributed by atoms with Gasteiger partial charge < -0.3 is 4.90 Å². The summed E-state index contributed by atoms with van der Waals surface area (Å²) >= 11 is 5.85. The average Bonchev–Trinajstić information content (AvgIpc) is 2.69. The van der Waals surface area contributed by atoms with Crippen LogP contribution >= 0.6 is 11.6 Å². The minimum absolute atomic E-state index is 0.208. The first-order valence-electron chi connectivity index (χ1n) is 9.24. The van der Waals surface area contributed by atoms with Crippen molar-refractivity contribution < 1.29 is 4.79 Å². The van der Waals surface area contributed by atoms with Gasteiger partial charge >= 0.3 is 0 Å². The number of anilines is 1. The van der Waals surface area contributed by atoms with Crippen molar-refractivity contribution in [1.29, 1.82) is 0 Å². The summed E-state index contributed by atoms with van der Waals surface area (Å²) < 4.78 is 0. The summed E-state index contributed by atoms with van der Waals surface area (Å²) in [5.74, 6) is 1.17. The molecular formula is C20H25ClN4O. The molecule has 0 unspecified atom stereocenters. The molecule has 0 atom stereocenters. The second-order valence-electron chi connectivity index (χ2n) is 6.63. The Morgan fingerprint density at radius 3 is 2.46 bits per heavy atom. The maximum absolute atomic E-state index is 12.1. The standard InChI is InChI=1S/C20H25ClN4O/c21-18-7-5-17(6-8-18)19(26)4-2-1-3-11-24-12-14-25(15-13-24)20-16-22-9-10-23-20/h5-10,16H,1-4,11-15H2. The zero-order valence-electron chi connectivity index (χ0n) is 15.0. The van der Waals surface area contributed by atoms with Gasteiger partial charge in [-0.3, -0.25) is 14.7 Å². The Bertz CT molecular complexity index is 685. The monoisotopic (exact) mass is 372 g/mol. The number of nitrogens with zero attached hydrogens (tertiary/aromatic N) is 4. The van der Waals surface area contributed by atoms with Gasteiger partial charge in [-0.2, -0.15) is 0 Å². The number of benzene rings is 1. The van der Waals surface area contributed by atoms with Crippen LogP contribution in [-0.4, -0.2) is 53.4 Å². The lowest BCUT2D eigenvalue weighted by Crippen LogP contribution is -2.46. The zero-order chi connectivity index (χ0) is 18.2. The number of hydrogen-bond donors (Lipinski definition) is 0. The average molecular weight is 373 g/mol. The molecule has 2 heterocycles. The van der Waals surface area contributed by atoms with Crippen LogP contribution in [0.5, 0.6) is 0 Å². The van der Waals surface area contributed by atoms with E-state index in [1.165, 1.54) is 0 Å². The number of ketones is 1. The second-order valence-corrected chi connectivity index (χ2v) is 7.07. The molecule has 6 heteroatoms. The summed E-state index contributed by atoms with van der Waals surface area (Å²) in [4.78, 5) is 25.4. The van der Waals surface area contributed by atoms with Gasteiger partial charge in [0.15, 0.2) is 5.78 Å². The molecule has 1 aliphatic rings. The Labute approximate surface area is 160 Å². The van der Waals surface area contributed by atoms with Crippen molar-refractivity contribution >= 4 is 23.2 Å². The molecule has 0 aliphatic carbocycles. The number of aromatic nitrogens is 2. The molecule has 26 heavy (non-hydrogen) atoms. The van der Waals surface area contributed by atoms with Crippen LogP contribution < -0.4 is 4.90 Å². The Kier molecular flexibility index (Phi) is 6.97. The first kappa shape index (κ1) is 18.8. The molecule has 5 nitrogen and oxygen atoms in total. The molecular weight excluding hydrogens is 348 g/mol. The van der Waals surface area contributed by atoms with Gasteiger partial charge in [0.25, 0.3) is 0 Å². The largest absolute Gasteiger partial charge is 0.353 e. The number of hydrogen-bond acceptors (Lipinski definition) is 5. The fraction of sp³-hybridized carbons (Fsp3) is 0.450. The Morgan fingerprint density at radius 1 is 1.00 bits per heavy atom. The van der Waals surface area contributed by atoms with E-state index in [1.807, 2.05) is 6.20 Å². The van der Waals surface area contributed by atoms with E-state index < -0.39 is 0 Å². The highest BCUT2D eigenvalue weighted by Crippen LogP contribution is 2.14. The van der Waals surface area contributed by atoms with Crippen molar-refractivity contribution in [1.82, 2.24) is 14.9 Å². The van der Waals surface area contributed by atoms with E-state index >= 15 is 0 Å². The summed E-state index contributed by atoms with van der Waals surface area (Å²) in [6.07, 6.45) is 9.06. The molecule has 0 bridgehead atoms. The van der Waals surface area contributed by atoms with Crippen molar-refractivity contribution in [3.63, 3.8) is 0 Å². The van der Waals surface area contributed by atoms with E-state index in [1.54, 1.807) is 36.7 Å². The van der Waals surface area contributed by atoms with Crippen LogP contribution in [0.4, 0.5) is 5.82 Å². The molecule has 1 aromatic heterocycles. The summed E-state index contributed by atoms with van der Waals surface area (Å²) in [5, 5.41) is 0.668. The maximum Gasteiger partial charge on any atom is 0.162 e. The zero-order valence-corrected chi connectivity index (χ0v) is 15.7. The smallest absolute Gasteiger partial charge is 0.162 e. The molecule has 0 amide bonds. The van der Waals surface area contributed by atoms with Crippen molar-refractivity contribution in [3.05, 3.63) is 53.4 Å². The fourth-order valence-electron chi connectivity index (χ4n) is 3.23. The summed E-state index contributed by atoms with van der Waals surface area (Å²) in [6.45, 7) is 5.20. The molecule has 1 aliphatic heterocycles. The minimum atomic E-state index is 0.208. The number of rotatable bonds is 8. The van der Waals surface area contributed by atoms with E-state index in [2.05, 4.69) is 19.8 Å². The molecule has 1 fully saturated rings. The van der Waals surface area contributed by atoms with Crippen molar-refractivity contribution in [3.8, 4) is 0 Å². The molecule has 2 aromatic rings. The lowest BCUT2D eigenvalue weighted by atomic mass is 10.0. The number of Topliss-reactive ketones (excluding diaryl/α,β-unsaturated/α-hetero) is 1. The fourth-order valence-corrected chi connectivity index (χ4v) is 3.36. The second kappa shape index (κ2) is 9.64. The van der Waals surface area contributed by atoms with Gasteiger partial charge in [-0.25, -0.2) is 4.98 Å². The third kappa shape index (κ3) is 5.51. The number of carbonyl (C=O) groups excluding carboxylic acids is 1. The Balaban J connectivity index is 1.29. The molecule has 0 N–H and O–H groups in total. The quantitative estimate of drug-likeness (QED) is 0.522. The highest BCUT2D eigenvalue weighted by atomic mass is 35.5. The van der Waals surface area contributed by atoms with E-state index in [9.17, 15) is 4.79 Å². The van der Waals surface area contributed by atoms with Gasteiger partial charge in [0.2, 0.25) is 0 Å². The van der Waals surface area contributed by atoms with Crippen molar-refractivity contribution in [2.45, 2.75) is 25.7 Å². The predicted molar refractivity (Wildman–Crippen MR) is 105 cm³/mol. The Morgan fingerprint density at radius 2 is 1.77 bits per heavy atom. The molecule has 0 radical (unpaired) electrons. The third-order valence-electron chi connectivity index (χ3n) is 4.79. The topological polar surface area (TPSA) is 49.3 Å². The van der Waals surface area contributed by atoms with Gasteiger partial charge in [0, 0.05) is 55.6 Å². The summed E-state index contributed by atoms with van der Waals surface area (Å²) in [7, 11) is 0. The van der Waals surface area contributed by atoms with E-state index in [4.69, 9.17) is 11.6 Å². The third-order valence-corrected chi connectivity index (χ3v) is 5.04. The molecule has 0 spiro atoms. The molecule has 3 rings (SSSR count). The molecule has 1 aromatic carbocycles.